The number of halogens is 5. The molecule has 0 spiro atoms. The summed E-state index contributed by atoms with van der Waals surface area (Å²) in [7, 11) is 0. The van der Waals surface area contributed by atoms with Crippen molar-refractivity contribution in [3.63, 3.8) is 0 Å². The summed E-state index contributed by atoms with van der Waals surface area (Å²) in [5.74, 6) is -4.35. The molecule has 0 aromatic heterocycles. The molecule has 1 amide bonds. The van der Waals surface area contributed by atoms with Crippen LogP contribution in [-0.2, 0) is 4.74 Å². The second-order valence-corrected chi connectivity index (χ2v) is 7.48. The Kier molecular flexibility index (Phi) is 4.12. The van der Waals surface area contributed by atoms with Gasteiger partial charge in [-0.2, -0.15) is 0 Å². The largest absolute Gasteiger partial charge is 0.573 e. The van der Waals surface area contributed by atoms with Gasteiger partial charge in [0.25, 0.3) is 5.92 Å². The van der Waals surface area contributed by atoms with Gasteiger partial charge in [-0.05, 0) is 44.9 Å². The van der Waals surface area contributed by atoms with E-state index in [-0.39, 0.29) is 6.42 Å². The Morgan fingerprint density at radius 1 is 1.15 bits per heavy atom. The van der Waals surface area contributed by atoms with Crippen LogP contribution in [0.3, 0.4) is 0 Å². The zero-order chi connectivity index (χ0) is 19.5. The molecule has 2 fully saturated rings. The van der Waals surface area contributed by atoms with Gasteiger partial charge in [-0.3, -0.25) is 4.90 Å². The standard InChI is InChI=1S/C17H18F5NO3/c1-15(2,3)26-14(24)23-12(8-11-13(23)16(11,18)19)9-4-6-10(7-5-9)25-17(20,21)22/h4-7,11-13H,8H2,1-3H3. The second-order valence-electron chi connectivity index (χ2n) is 7.48. The lowest BCUT2D eigenvalue weighted by molar-refractivity contribution is -0.274. The number of amides is 1. The number of hydrogen-bond donors (Lipinski definition) is 0. The van der Waals surface area contributed by atoms with E-state index in [2.05, 4.69) is 4.74 Å². The number of likely N-dealkylation sites (tertiary alicyclic amines) is 1. The molecule has 0 radical (unpaired) electrons. The zero-order valence-electron chi connectivity index (χ0n) is 14.3. The molecule has 0 bridgehead atoms. The van der Waals surface area contributed by atoms with E-state index < -0.39 is 47.7 Å². The molecule has 1 aliphatic carbocycles. The van der Waals surface area contributed by atoms with Crippen LogP contribution in [0.1, 0.15) is 38.8 Å². The first-order chi connectivity index (χ1) is 11.8. The monoisotopic (exact) mass is 379 g/mol. The predicted octanol–water partition coefficient (Wildman–Crippen LogP) is 4.90. The lowest BCUT2D eigenvalue weighted by Crippen LogP contribution is -2.41. The average molecular weight is 379 g/mol. The number of carbonyl (C=O) groups excluding carboxylic acids is 1. The van der Waals surface area contributed by atoms with E-state index in [1.807, 2.05) is 0 Å². The Morgan fingerprint density at radius 3 is 2.23 bits per heavy atom. The first-order valence-corrected chi connectivity index (χ1v) is 8.04. The second kappa shape index (κ2) is 5.72. The molecule has 9 heteroatoms. The smallest absolute Gasteiger partial charge is 0.444 e. The van der Waals surface area contributed by atoms with Crippen LogP contribution >= 0.6 is 0 Å². The fourth-order valence-electron chi connectivity index (χ4n) is 3.33. The molecular weight excluding hydrogens is 361 g/mol. The van der Waals surface area contributed by atoms with Crippen molar-refractivity contribution in [2.45, 2.75) is 57.2 Å². The number of piperidine rings is 1. The van der Waals surface area contributed by atoms with Crippen molar-refractivity contribution in [3.05, 3.63) is 29.8 Å². The number of benzene rings is 1. The predicted molar refractivity (Wildman–Crippen MR) is 80.8 cm³/mol. The van der Waals surface area contributed by atoms with Crippen molar-refractivity contribution in [2.75, 3.05) is 0 Å². The summed E-state index contributed by atoms with van der Waals surface area (Å²) in [6.45, 7) is 4.88. The molecule has 3 rings (SSSR count). The van der Waals surface area contributed by atoms with Gasteiger partial charge in [-0.25, -0.2) is 13.6 Å². The maximum Gasteiger partial charge on any atom is 0.573 e. The molecule has 1 aromatic carbocycles. The highest BCUT2D eigenvalue weighted by molar-refractivity contribution is 5.71. The van der Waals surface area contributed by atoms with Gasteiger partial charge in [-0.15, -0.1) is 13.2 Å². The summed E-state index contributed by atoms with van der Waals surface area (Å²) in [5, 5.41) is 0. The van der Waals surface area contributed by atoms with Crippen molar-refractivity contribution in [2.24, 2.45) is 5.92 Å². The Hall–Kier alpha value is -2.06. The van der Waals surface area contributed by atoms with Crippen LogP contribution in [0, 0.1) is 5.92 Å². The molecule has 0 N–H and O–H groups in total. The minimum atomic E-state index is -4.82. The lowest BCUT2D eigenvalue weighted by Gasteiger charge is -2.31. The summed E-state index contributed by atoms with van der Waals surface area (Å²) >= 11 is 0. The molecule has 1 aliphatic heterocycles. The third kappa shape index (κ3) is 3.57. The van der Waals surface area contributed by atoms with E-state index in [1.54, 1.807) is 20.8 Å². The summed E-state index contributed by atoms with van der Waals surface area (Å²) in [6.07, 6.45) is -5.65. The number of carbonyl (C=O) groups is 1. The minimum absolute atomic E-state index is 0.0242. The SMILES string of the molecule is CC(C)(C)OC(=O)N1C(c2ccc(OC(F)(F)F)cc2)CC2C1C2(F)F. The molecule has 26 heavy (non-hydrogen) atoms. The third-order valence-electron chi connectivity index (χ3n) is 4.38. The normalized spacial score (nSPS) is 27.1. The molecule has 1 aromatic rings. The fourth-order valence-corrected chi connectivity index (χ4v) is 3.33. The van der Waals surface area contributed by atoms with Gasteiger partial charge in [0.15, 0.2) is 0 Å². The summed E-state index contributed by atoms with van der Waals surface area (Å²) in [5.41, 5.74) is -0.401. The van der Waals surface area contributed by atoms with E-state index >= 15 is 0 Å². The van der Waals surface area contributed by atoms with Crippen LogP contribution < -0.4 is 4.74 Å². The summed E-state index contributed by atoms with van der Waals surface area (Å²) in [6, 6.07) is 2.95. The Morgan fingerprint density at radius 2 is 1.73 bits per heavy atom. The minimum Gasteiger partial charge on any atom is -0.444 e. The lowest BCUT2D eigenvalue weighted by atomic mass is 10.0. The van der Waals surface area contributed by atoms with Crippen molar-refractivity contribution in [3.8, 4) is 5.75 Å². The van der Waals surface area contributed by atoms with Crippen LogP contribution in [0.4, 0.5) is 26.7 Å². The maximum absolute atomic E-state index is 13.8. The van der Waals surface area contributed by atoms with Gasteiger partial charge in [0.1, 0.15) is 17.4 Å². The van der Waals surface area contributed by atoms with Gasteiger partial charge < -0.3 is 9.47 Å². The Bertz CT molecular complexity index is 696. The molecule has 4 nitrogen and oxygen atoms in total. The van der Waals surface area contributed by atoms with E-state index in [0.29, 0.717) is 5.56 Å². The molecule has 1 saturated heterocycles. The van der Waals surface area contributed by atoms with Crippen molar-refractivity contribution >= 4 is 6.09 Å². The van der Waals surface area contributed by atoms with Crippen LogP contribution in [-0.4, -0.2) is 34.9 Å². The Balaban J connectivity index is 1.81. The zero-order valence-corrected chi connectivity index (χ0v) is 14.3. The third-order valence-corrected chi connectivity index (χ3v) is 4.38. The topological polar surface area (TPSA) is 38.8 Å². The highest BCUT2D eigenvalue weighted by Crippen LogP contribution is 2.63. The van der Waals surface area contributed by atoms with Crippen molar-refractivity contribution < 1.29 is 36.2 Å². The number of fused-ring (bicyclic) bond motifs is 1. The number of hydrogen-bond acceptors (Lipinski definition) is 3. The van der Waals surface area contributed by atoms with E-state index in [9.17, 15) is 26.7 Å². The number of rotatable bonds is 2. The number of nitrogens with zero attached hydrogens (tertiary/aromatic N) is 1. The van der Waals surface area contributed by atoms with Crippen molar-refractivity contribution in [1.82, 2.24) is 4.90 Å². The van der Waals surface area contributed by atoms with Gasteiger partial charge >= 0.3 is 12.5 Å². The molecular formula is C17H18F5NO3. The quantitative estimate of drug-likeness (QED) is 0.686. The van der Waals surface area contributed by atoms with Crippen LogP contribution in [0.15, 0.2) is 24.3 Å². The van der Waals surface area contributed by atoms with Gasteiger partial charge in [0.2, 0.25) is 0 Å². The molecule has 1 heterocycles. The highest BCUT2D eigenvalue weighted by atomic mass is 19.4. The number of alkyl halides is 5. The van der Waals surface area contributed by atoms with Gasteiger partial charge in [-0.1, -0.05) is 12.1 Å². The van der Waals surface area contributed by atoms with Crippen LogP contribution in [0.5, 0.6) is 5.75 Å². The fraction of sp³-hybridized carbons (Fsp3) is 0.588. The summed E-state index contributed by atoms with van der Waals surface area (Å²) in [4.78, 5) is 13.4. The summed E-state index contributed by atoms with van der Waals surface area (Å²) < 4.78 is 73.4. The van der Waals surface area contributed by atoms with E-state index in [4.69, 9.17) is 4.74 Å². The van der Waals surface area contributed by atoms with Crippen molar-refractivity contribution in [1.29, 1.82) is 0 Å². The molecule has 3 unspecified atom stereocenters. The highest BCUT2D eigenvalue weighted by Gasteiger charge is 2.77. The average Bonchev–Trinajstić information content (AvgIpc) is 2.81. The van der Waals surface area contributed by atoms with Crippen LogP contribution in [0.25, 0.3) is 0 Å². The molecule has 2 aliphatic rings. The molecule has 144 valence electrons. The number of ether oxygens (including phenoxy) is 2. The first-order valence-electron chi connectivity index (χ1n) is 8.04. The molecule has 1 saturated carbocycles. The maximum atomic E-state index is 13.8. The van der Waals surface area contributed by atoms with Gasteiger partial charge in [0.05, 0.1) is 12.0 Å². The van der Waals surface area contributed by atoms with Crippen LogP contribution in [0.2, 0.25) is 0 Å². The first kappa shape index (κ1) is 18.7. The Labute approximate surface area is 146 Å². The van der Waals surface area contributed by atoms with Gasteiger partial charge in [0, 0.05) is 0 Å². The van der Waals surface area contributed by atoms with E-state index in [1.165, 1.54) is 12.1 Å². The van der Waals surface area contributed by atoms with E-state index in [0.717, 1.165) is 17.0 Å². The molecule has 3 atom stereocenters.